The molecular weight excluding hydrogens is 500 g/mol. The first-order chi connectivity index (χ1) is 17.2. The number of amides is 2. The maximum Gasteiger partial charge on any atom is 0.307 e. The number of primary amides is 1. The molecule has 4 heterocycles. The Labute approximate surface area is 213 Å². The highest BCUT2D eigenvalue weighted by Gasteiger charge is 2.38. The van der Waals surface area contributed by atoms with Gasteiger partial charge in [0.2, 0.25) is 5.91 Å². The number of thiazole rings is 1. The summed E-state index contributed by atoms with van der Waals surface area (Å²) in [5.41, 5.74) is 7.04. The van der Waals surface area contributed by atoms with Gasteiger partial charge in [-0.2, -0.15) is 12.7 Å². The number of nitrogens with two attached hydrogens (primary N) is 1. The molecule has 3 aromatic rings. The van der Waals surface area contributed by atoms with Crippen LogP contribution in [0.4, 0.5) is 0 Å². The molecule has 0 aliphatic carbocycles. The molecule has 1 saturated heterocycles. The van der Waals surface area contributed by atoms with E-state index in [9.17, 15) is 18.0 Å². The van der Waals surface area contributed by atoms with Gasteiger partial charge in [0.05, 0.1) is 11.7 Å². The van der Waals surface area contributed by atoms with Crippen molar-refractivity contribution in [3.8, 4) is 12.3 Å². The van der Waals surface area contributed by atoms with E-state index >= 15 is 0 Å². The lowest BCUT2D eigenvalue weighted by Gasteiger charge is -2.40. The highest BCUT2D eigenvalue weighted by atomic mass is 32.2. The first-order valence-electron chi connectivity index (χ1n) is 11.6. The molecule has 3 N–H and O–H groups in total. The molecule has 0 saturated carbocycles. The summed E-state index contributed by atoms with van der Waals surface area (Å²) < 4.78 is 29.4. The molecule has 2 atom stereocenters. The van der Waals surface area contributed by atoms with E-state index in [1.165, 1.54) is 32.9 Å². The smallest absolute Gasteiger partial charge is 0.307 e. The molecular formula is C24H26N6O4S2. The maximum absolute atomic E-state index is 13.5. The third-order valence-corrected chi connectivity index (χ3v) is 9.41. The molecule has 5 rings (SSSR count). The van der Waals surface area contributed by atoms with Crippen molar-refractivity contribution in [3.05, 3.63) is 51.7 Å². The molecule has 188 valence electrons. The number of benzene rings is 1. The molecule has 0 spiro atoms. The second-order valence-corrected chi connectivity index (χ2v) is 12.1. The second kappa shape index (κ2) is 9.33. The van der Waals surface area contributed by atoms with Crippen molar-refractivity contribution in [3.63, 3.8) is 0 Å². The Bertz CT molecular complexity index is 1500. The topological polar surface area (TPSA) is 131 Å². The number of terminal acetylenes is 1. The van der Waals surface area contributed by atoms with Crippen LogP contribution in [0, 0.1) is 12.3 Å². The van der Waals surface area contributed by atoms with Gasteiger partial charge in [-0.05, 0) is 19.1 Å². The van der Waals surface area contributed by atoms with Gasteiger partial charge in [0.1, 0.15) is 0 Å². The number of nitrogens with zero attached hydrogens (tertiary/aromatic N) is 4. The number of piperazine rings is 1. The van der Waals surface area contributed by atoms with Gasteiger partial charge in [-0.25, -0.2) is 8.96 Å². The van der Waals surface area contributed by atoms with Crippen LogP contribution in [-0.4, -0.2) is 70.1 Å². The number of hydrogen-bond acceptors (Lipinski definition) is 7. The van der Waals surface area contributed by atoms with Gasteiger partial charge >= 0.3 is 10.2 Å². The zero-order valence-electron chi connectivity index (χ0n) is 19.7. The van der Waals surface area contributed by atoms with E-state index in [0.29, 0.717) is 22.5 Å². The standard InChI is InChI=1S/C24H26N6O4S2/c1-3-16-4-5-17-12-29(13-18(17)9-16)36(33,34)28-6-7-30(19(14-28)10-22(25)31)24(32)23-27-20-8-15(2)26-11-21(20)35-23/h1,4-5,9,12-13,15,19,26H,6-8,10-11,14H2,2H3,(H2,25,31). The van der Waals surface area contributed by atoms with Crippen LogP contribution in [0.2, 0.25) is 0 Å². The van der Waals surface area contributed by atoms with Crippen LogP contribution in [0.15, 0.2) is 30.6 Å². The summed E-state index contributed by atoms with van der Waals surface area (Å²) in [6.45, 7) is 2.87. The summed E-state index contributed by atoms with van der Waals surface area (Å²) in [4.78, 5) is 32.4. The minimum atomic E-state index is -3.95. The Morgan fingerprint density at radius 2 is 2.06 bits per heavy atom. The minimum Gasteiger partial charge on any atom is -0.370 e. The zero-order chi connectivity index (χ0) is 25.6. The normalized spacial score (nSPS) is 20.7. The van der Waals surface area contributed by atoms with Crippen LogP contribution in [0.5, 0.6) is 0 Å². The minimum absolute atomic E-state index is 0.0508. The fourth-order valence-electron chi connectivity index (χ4n) is 4.71. The zero-order valence-corrected chi connectivity index (χ0v) is 21.3. The van der Waals surface area contributed by atoms with Crippen molar-refractivity contribution in [2.75, 3.05) is 19.6 Å². The lowest BCUT2D eigenvalue weighted by Crippen LogP contribution is -2.58. The fourth-order valence-corrected chi connectivity index (χ4v) is 7.14. The predicted octanol–water partition coefficient (Wildman–Crippen LogP) is 0.908. The van der Waals surface area contributed by atoms with Gasteiger partial charge in [-0.3, -0.25) is 9.59 Å². The number of hydrogen-bond donors (Lipinski definition) is 2. The van der Waals surface area contributed by atoms with Gasteiger partial charge in [-0.1, -0.05) is 12.0 Å². The molecule has 10 nitrogen and oxygen atoms in total. The molecule has 0 bridgehead atoms. The quantitative estimate of drug-likeness (QED) is 0.475. The Balaban J connectivity index is 1.39. The van der Waals surface area contributed by atoms with Crippen molar-refractivity contribution >= 4 is 44.1 Å². The molecule has 1 aromatic carbocycles. The van der Waals surface area contributed by atoms with Crippen molar-refractivity contribution in [1.29, 1.82) is 0 Å². The molecule has 2 aromatic heterocycles. The van der Waals surface area contributed by atoms with Crippen molar-refractivity contribution in [1.82, 2.24) is 23.5 Å². The van der Waals surface area contributed by atoms with E-state index in [2.05, 4.69) is 23.1 Å². The molecule has 2 aliphatic rings. The monoisotopic (exact) mass is 526 g/mol. The lowest BCUT2D eigenvalue weighted by atomic mass is 10.1. The molecule has 36 heavy (non-hydrogen) atoms. The largest absolute Gasteiger partial charge is 0.370 e. The average molecular weight is 527 g/mol. The van der Waals surface area contributed by atoms with Gasteiger partial charge in [0.25, 0.3) is 5.91 Å². The van der Waals surface area contributed by atoms with Crippen LogP contribution >= 0.6 is 11.3 Å². The maximum atomic E-state index is 13.5. The van der Waals surface area contributed by atoms with Crippen LogP contribution < -0.4 is 11.1 Å². The summed E-state index contributed by atoms with van der Waals surface area (Å²) >= 11 is 1.34. The Morgan fingerprint density at radius 1 is 1.28 bits per heavy atom. The Morgan fingerprint density at radius 3 is 2.81 bits per heavy atom. The van der Waals surface area contributed by atoms with E-state index in [1.807, 2.05) is 0 Å². The molecule has 2 unspecified atom stereocenters. The lowest BCUT2D eigenvalue weighted by molar-refractivity contribution is -0.119. The highest BCUT2D eigenvalue weighted by Crippen LogP contribution is 2.27. The van der Waals surface area contributed by atoms with Gasteiger partial charge in [0, 0.05) is 78.7 Å². The number of carbonyl (C=O) groups excluding carboxylic acids is 2. The van der Waals surface area contributed by atoms with E-state index in [0.717, 1.165) is 26.4 Å². The number of fused-ring (bicyclic) bond motifs is 2. The van der Waals surface area contributed by atoms with Crippen molar-refractivity contribution in [2.24, 2.45) is 5.73 Å². The number of carbonyl (C=O) groups is 2. The van der Waals surface area contributed by atoms with Gasteiger partial charge in [0.15, 0.2) is 5.01 Å². The average Bonchev–Trinajstić information content (AvgIpc) is 3.47. The predicted molar refractivity (Wildman–Crippen MR) is 137 cm³/mol. The van der Waals surface area contributed by atoms with E-state index in [1.54, 1.807) is 18.2 Å². The fraction of sp³-hybridized carbons (Fsp3) is 0.375. The van der Waals surface area contributed by atoms with Crippen LogP contribution in [0.3, 0.4) is 0 Å². The molecule has 12 heteroatoms. The summed E-state index contributed by atoms with van der Waals surface area (Å²) in [6.07, 6.45) is 9.09. The van der Waals surface area contributed by atoms with Crippen molar-refractivity contribution < 1.29 is 18.0 Å². The van der Waals surface area contributed by atoms with Gasteiger partial charge < -0.3 is 16.0 Å². The van der Waals surface area contributed by atoms with E-state index < -0.39 is 22.2 Å². The van der Waals surface area contributed by atoms with E-state index in [4.69, 9.17) is 12.2 Å². The first-order valence-corrected chi connectivity index (χ1v) is 13.8. The van der Waals surface area contributed by atoms with Crippen LogP contribution in [-0.2, 0) is 28.0 Å². The molecule has 0 radical (unpaired) electrons. The summed E-state index contributed by atoms with van der Waals surface area (Å²) in [7, 11) is -3.95. The Hall–Kier alpha value is -3.24. The third-order valence-electron chi connectivity index (χ3n) is 6.59. The highest BCUT2D eigenvalue weighted by molar-refractivity contribution is 7.87. The summed E-state index contributed by atoms with van der Waals surface area (Å²) in [5, 5.41) is 5.14. The molecule has 1 fully saturated rings. The SMILES string of the molecule is C#Cc1ccc2cn(S(=O)(=O)N3CCN(C(=O)c4nc5c(s4)CNC(C)C5)C(CC(N)=O)C3)cc2c1. The molecule has 2 amide bonds. The first kappa shape index (κ1) is 24.5. The van der Waals surface area contributed by atoms with Gasteiger partial charge in [-0.15, -0.1) is 17.8 Å². The molecule has 2 aliphatic heterocycles. The summed E-state index contributed by atoms with van der Waals surface area (Å²) in [6, 6.07) is 4.85. The Kier molecular flexibility index (Phi) is 6.34. The number of nitrogens with one attached hydrogen (secondary N) is 1. The van der Waals surface area contributed by atoms with Crippen molar-refractivity contribution in [2.45, 2.75) is 38.4 Å². The third kappa shape index (κ3) is 4.51. The number of rotatable bonds is 5. The van der Waals surface area contributed by atoms with Crippen LogP contribution in [0.1, 0.15) is 39.3 Å². The number of aromatic nitrogens is 2. The second-order valence-electron chi connectivity index (χ2n) is 9.14. The summed E-state index contributed by atoms with van der Waals surface area (Å²) in [5.74, 6) is 1.63. The van der Waals surface area contributed by atoms with Crippen LogP contribution in [0.25, 0.3) is 10.8 Å². The van der Waals surface area contributed by atoms with E-state index in [-0.39, 0.29) is 38.0 Å².